The SMILES string of the molecule is COc1ccc(OC)c([C@H]2CCC[NH+]2CC(=O)Nc2sc3c(c2C#N)CCCC3)c1. The highest BCUT2D eigenvalue weighted by Gasteiger charge is 2.34. The molecule has 7 heteroatoms. The van der Waals surface area contributed by atoms with Gasteiger partial charge in [0.15, 0.2) is 6.54 Å². The van der Waals surface area contributed by atoms with E-state index < -0.39 is 0 Å². The van der Waals surface area contributed by atoms with Crippen LogP contribution in [0.25, 0.3) is 0 Å². The fourth-order valence-corrected chi connectivity index (χ4v) is 6.02. The number of amides is 1. The molecule has 2 aliphatic rings. The van der Waals surface area contributed by atoms with E-state index in [-0.39, 0.29) is 11.9 Å². The molecule has 158 valence electrons. The standard InChI is InChI=1S/C23H27N3O3S/c1-28-15-9-10-20(29-2)17(12-15)19-7-5-11-26(19)14-22(27)25-23-18(13-24)16-6-3-4-8-21(16)30-23/h9-10,12,19H,3-8,11,14H2,1-2H3,(H,25,27)/p+1/t19-/m1/s1. The van der Waals surface area contributed by atoms with Crippen LogP contribution in [0.2, 0.25) is 0 Å². The first-order valence-electron chi connectivity index (χ1n) is 10.6. The van der Waals surface area contributed by atoms with Gasteiger partial charge in [0.2, 0.25) is 0 Å². The Balaban J connectivity index is 1.50. The summed E-state index contributed by atoms with van der Waals surface area (Å²) in [5, 5.41) is 13.4. The van der Waals surface area contributed by atoms with Crippen molar-refractivity contribution in [3.8, 4) is 17.6 Å². The number of thiophene rings is 1. The fourth-order valence-electron chi connectivity index (χ4n) is 4.76. The van der Waals surface area contributed by atoms with Gasteiger partial charge in [-0.15, -0.1) is 11.3 Å². The predicted molar refractivity (Wildman–Crippen MR) is 117 cm³/mol. The summed E-state index contributed by atoms with van der Waals surface area (Å²) in [6.07, 6.45) is 6.30. The minimum atomic E-state index is -0.0335. The van der Waals surface area contributed by atoms with E-state index >= 15 is 0 Å². The van der Waals surface area contributed by atoms with Crippen molar-refractivity contribution >= 4 is 22.2 Å². The fraction of sp³-hybridized carbons (Fsp3) is 0.478. The Morgan fingerprint density at radius 1 is 1.27 bits per heavy atom. The number of likely N-dealkylation sites (tertiary alicyclic amines) is 1. The van der Waals surface area contributed by atoms with Crippen molar-refractivity contribution < 1.29 is 19.2 Å². The number of rotatable bonds is 6. The van der Waals surface area contributed by atoms with Gasteiger partial charge in [-0.1, -0.05) is 0 Å². The van der Waals surface area contributed by atoms with Crippen LogP contribution in [0, 0.1) is 11.3 Å². The molecule has 2 heterocycles. The third-order valence-corrected chi connectivity index (χ3v) is 7.43. The van der Waals surface area contributed by atoms with Gasteiger partial charge in [0.05, 0.1) is 31.9 Å². The van der Waals surface area contributed by atoms with E-state index in [1.54, 1.807) is 25.6 Å². The monoisotopic (exact) mass is 426 g/mol. The summed E-state index contributed by atoms with van der Waals surface area (Å²) in [6.45, 7) is 1.31. The molecule has 1 aliphatic heterocycles. The molecular weight excluding hydrogens is 398 g/mol. The number of hydrogen-bond donors (Lipinski definition) is 2. The lowest BCUT2D eigenvalue weighted by Gasteiger charge is -2.23. The number of quaternary nitrogens is 1. The van der Waals surface area contributed by atoms with Crippen LogP contribution in [0.3, 0.4) is 0 Å². The van der Waals surface area contributed by atoms with E-state index in [2.05, 4.69) is 11.4 Å². The molecule has 0 bridgehead atoms. The molecule has 2 atom stereocenters. The van der Waals surface area contributed by atoms with Crippen LogP contribution in [0.4, 0.5) is 5.00 Å². The van der Waals surface area contributed by atoms with Gasteiger partial charge in [-0.3, -0.25) is 4.79 Å². The summed E-state index contributed by atoms with van der Waals surface area (Å²) in [4.78, 5) is 15.4. The second-order valence-electron chi connectivity index (χ2n) is 7.96. The second-order valence-corrected chi connectivity index (χ2v) is 9.07. The number of nitrogens with zero attached hydrogens (tertiary/aromatic N) is 1. The van der Waals surface area contributed by atoms with Gasteiger partial charge in [-0.25, -0.2) is 0 Å². The van der Waals surface area contributed by atoms with Crippen molar-refractivity contribution in [2.75, 3.05) is 32.6 Å². The highest BCUT2D eigenvalue weighted by molar-refractivity contribution is 7.16. The Kier molecular flexibility index (Phi) is 6.26. The molecule has 1 aromatic heterocycles. The lowest BCUT2D eigenvalue weighted by molar-refractivity contribution is -0.910. The summed E-state index contributed by atoms with van der Waals surface area (Å²) in [5.74, 6) is 1.59. The van der Waals surface area contributed by atoms with Crippen molar-refractivity contribution in [1.82, 2.24) is 0 Å². The van der Waals surface area contributed by atoms with Gasteiger partial charge in [-0.2, -0.15) is 5.26 Å². The number of hydrogen-bond acceptors (Lipinski definition) is 5. The first-order valence-corrected chi connectivity index (χ1v) is 11.4. The zero-order valence-corrected chi connectivity index (χ0v) is 18.4. The quantitative estimate of drug-likeness (QED) is 0.745. The number of ether oxygens (including phenoxy) is 2. The Hall–Kier alpha value is -2.56. The van der Waals surface area contributed by atoms with Crippen LogP contribution < -0.4 is 19.7 Å². The number of aryl methyl sites for hydroxylation is 1. The molecule has 1 aromatic carbocycles. The molecule has 0 spiro atoms. The van der Waals surface area contributed by atoms with E-state index in [1.165, 1.54) is 9.78 Å². The van der Waals surface area contributed by atoms with E-state index in [1.807, 2.05) is 18.2 Å². The number of methoxy groups -OCH3 is 2. The number of carbonyl (C=O) groups excluding carboxylic acids is 1. The molecule has 2 N–H and O–H groups in total. The van der Waals surface area contributed by atoms with Gasteiger partial charge in [-0.05, 0) is 49.4 Å². The number of fused-ring (bicyclic) bond motifs is 1. The second kappa shape index (κ2) is 9.07. The maximum absolute atomic E-state index is 12.9. The highest BCUT2D eigenvalue weighted by atomic mass is 32.1. The molecule has 1 fully saturated rings. The largest absolute Gasteiger partial charge is 0.497 e. The third kappa shape index (κ3) is 4.03. The Morgan fingerprint density at radius 2 is 2.10 bits per heavy atom. The number of carbonyl (C=O) groups is 1. The Morgan fingerprint density at radius 3 is 2.87 bits per heavy atom. The van der Waals surface area contributed by atoms with Crippen molar-refractivity contribution in [2.24, 2.45) is 0 Å². The summed E-state index contributed by atoms with van der Waals surface area (Å²) >= 11 is 1.58. The number of benzene rings is 1. The van der Waals surface area contributed by atoms with Gasteiger partial charge in [0.25, 0.3) is 5.91 Å². The highest BCUT2D eigenvalue weighted by Crippen LogP contribution is 2.37. The van der Waals surface area contributed by atoms with Crippen molar-refractivity contribution in [3.63, 3.8) is 0 Å². The van der Waals surface area contributed by atoms with Crippen LogP contribution >= 0.6 is 11.3 Å². The predicted octanol–water partition coefficient (Wildman–Crippen LogP) is 2.87. The third-order valence-electron chi connectivity index (χ3n) is 6.22. The average Bonchev–Trinajstić information content (AvgIpc) is 3.36. The summed E-state index contributed by atoms with van der Waals surface area (Å²) < 4.78 is 11.0. The molecular formula is C23H28N3O3S+. The van der Waals surface area contributed by atoms with Crippen LogP contribution in [-0.4, -0.2) is 33.2 Å². The van der Waals surface area contributed by atoms with Gasteiger partial charge in [0, 0.05) is 17.7 Å². The zero-order valence-electron chi connectivity index (χ0n) is 17.5. The maximum atomic E-state index is 12.9. The topological polar surface area (TPSA) is 75.8 Å². The normalized spacial score (nSPS) is 20.3. The van der Waals surface area contributed by atoms with Crippen LogP contribution in [-0.2, 0) is 17.6 Å². The number of nitrogens with one attached hydrogen (secondary N) is 2. The molecule has 0 saturated carbocycles. The number of anilines is 1. The molecule has 1 unspecified atom stereocenters. The molecule has 1 aliphatic carbocycles. The molecule has 1 amide bonds. The molecule has 30 heavy (non-hydrogen) atoms. The van der Waals surface area contributed by atoms with E-state index in [4.69, 9.17) is 9.47 Å². The minimum absolute atomic E-state index is 0.0335. The molecule has 1 saturated heterocycles. The molecule has 2 aromatic rings. The first kappa shape index (κ1) is 20.7. The lowest BCUT2D eigenvalue weighted by atomic mass is 9.96. The van der Waals surface area contributed by atoms with E-state index in [0.29, 0.717) is 12.1 Å². The van der Waals surface area contributed by atoms with Crippen molar-refractivity contribution in [2.45, 2.75) is 44.6 Å². The van der Waals surface area contributed by atoms with Crippen LogP contribution in [0.1, 0.15) is 53.3 Å². The van der Waals surface area contributed by atoms with E-state index in [9.17, 15) is 10.1 Å². The zero-order chi connectivity index (χ0) is 21.1. The van der Waals surface area contributed by atoms with Gasteiger partial charge >= 0.3 is 0 Å². The first-order chi connectivity index (χ1) is 14.6. The lowest BCUT2D eigenvalue weighted by Crippen LogP contribution is -3.11. The van der Waals surface area contributed by atoms with E-state index in [0.717, 1.165) is 72.7 Å². The molecule has 6 nitrogen and oxygen atoms in total. The van der Waals surface area contributed by atoms with Crippen LogP contribution in [0.15, 0.2) is 18.2 Å². The number of nitriles is 1. The summed E-state index contributed by atoms with van der Waals surface area (Å²) in [6, 6.07) is 8.36. The molecule has 4 rings (SSSR count). The van der Waals surface area contributed by atoms with Gasteiger partial charge in [0.1, 0.15) is 28.6 Å². The van der Waals surface area contributed by atoms with Crippen LogP contribution in [0.5, 0.6) is 11.5 Å². The Bertz CT molecular complexity index is 979. The minimum Gasteiger partial charge on any atom is -0.497 e. The molecule has 0 radical (unpaired) electrons. The maximum Gasteiger partial charge on any atom is 0.280 e. The average molecular weight is 427 g/mol. The summed E-state index contributed by atoms with van der Waals surface area (Å²) in [5.41, 5.74) is 2.91. The Labute approximate surface area is 181 Å². The van der Waals surface area contributed by atoms with Crippen molar-refractivity contribution in [1.29, 1.82) is 5.26 Å². The smallest absolute Gasteiger partial charge is 0.280 e. The van der Waals surface area contributed by atoms with Crippen molar-refractivity contribution in [3.05, 3.63) is 39.8 Å². The summed E-state index contributed by atoms with van der Waals surface area (Å²) in [7, 11) is 3.33. The van der Waals surface area contributed by atoms with Gasteiger partial charge < -0.3 is 19.7 Å².